The number of aliphatic carboxylic acids is 1. The number of esters is 1. The van der Waals surface area contributed by atoms with E-state index < -0.39 is 32.4 Å². The monoisotopic (exact) mass is 621 g/mol. The first-order valence-corrected chi connectivity index (χ1v) is 15.1. The van der Waals surface area contributed by atoms with E-state index >= 15 is 0 Å². The molecule has 0 spiro atoms. The molecule has 230 valence electrons. The predicted molar refractivity (Wildman–Crippen MR) is 160 cm³/mol. The first-order chi connectivity index (χ1) is 21.2. The van der Waals surface area contributed by atoms with Crippen molar-refractivity contribution < 1.29 is 47.4 Å². The lowest BCUT2D eigenvalue weighted by atomic mass is 10.1. The van der Waals surface area contributed by atoms with Crippen LogP contribution in [-0.4, -0.2) is 34.6 Å². The molecule has 11 nitrogen and oxygen atoms in total. The van der Waals surface area contributed by atoms with Crippen molar-refractivity contribution in [1.82, 2.24) is 0 Å². The third-order valence-electron chi connectivity index (χ3n) is 6.12. The van der Waals surface area contributed by atoms with Gasteiger partial charge in [-0.05, 0) is 65.6 Å². The molecule has 4 N–H and O–H groups in total. The van der Waals surface area contributed by atoms with Crippen LogP contribution in [0.15, 0.2) is 103 Å². The number of phosphoric ester groups is 1. The largest absolute Gasteiger partial charge is 0.527 e. The normalized spacial score (nSPS) is 12.9. The Hall–Kier alpha value is -4.67. The van der Waals surface area contributed by atoms with Crippen LogP contribution in [-0.2, 0) is 43.0 Å². The average molecular weight is 622 g/mol. The molecular formula is C32H32NO10P. The lowest BCUT2D eigenvalue weighted by Crippen LogP contribution is -2.34. The highest BCUT2D eigenvalue weighted by Crippen LogP contribution is 2.43. The van der Waals surface area contributed by atoms with Crippen molar-refractivity contribution in [2.24, 2.45) is 5.73 Å². The maximum atomic E-state index is 12.5. The highest BCUT2D eigenvalue weighted by atomic mass is 31.2. The van der Waals surface area contributed by atoms with Crippen LogP contribution in [0.2, 0.25) is 0 Å². The number of carboxylic acid groups (broad SMARTS) is 1. The molecule has 0 aliphatic rings. The van der Waals surface area contributed by atoms with E-state index in [-0.39, 0.29) is 18.8 Å². The highest BCUT2D eigenvalue weighted by Gasteiger charge is 2.26. The van der Waals surface area contributed by atoms with Gasteiger partial charge < -0.3 is 29.6 Å². The fourth-order valence-corrected chi connectivity index (χ4v) is 4.65. The molecule has 0 bridgehead atoms. The van der Waals surface area contributed by atoms with Crippen LogP contribution >= 0.6 is 7.82 Å². The summed E-state index contributed by atoms with van der Waals surface area (Å²) in [5.74, 6) is 0.329. The second-order valence-corrected chi connectivity index (χ2v) is 10.9. The molecule has 4 rings (SSSR count). The van der Waals surface area contributed by atoms with Gasteiger partial charge >= 0.3 is 19.8 Å². The van der Waals surface area contributed by atoms with Gasteiger partial charge in [0.2, 0.25) is 0 Å². The zero-order valence-electron chi connectivity index (χ0n) is 23.6. The Morgan fingerprint density at radius 3 is 2.25 bits per heavy atom. The Labute approximate surface area is 254 Å². The zero-order valence-corrected chi connectivity index (χ0v) is 24.5. The van der Waals surface area contributed by atoms with E-state index in [1.54, 1.807) is 12.1 Å². The van der Waals surface area contributed by atoms with Gasteiger partial charge in [0.25, 0.3) is 0 Å². The summed E-state index contributed by atoms with van der Waals surface area (Å²) in [6, 6.07) is 29.1. The minimum absolute atomic E-state index is 0.00172. The van der Waals surface area contributed by atoms with Crippen molar-refractivity contribution in [2.75, 3.05) is 6.61 Å². The van der Waals surface area contributed by atoms with Crippen LogP contribution in [0.1, 0.15) is 23.1 Å². The van der Waals surface area contributed by atoms with Gasteiger partial charge in [-0.2, -0.15) is 0 Å². The molecule has 4 aromatic rings. The molecule has 0 fully saturated rings. The number of phosphoric acid groups is 1. The third kappa shape index (κ3) is 10.6. The van der Waals surface area contributed by atoms with E-state index in [0.717, 1.165) is 16.9 Å². The molecule has 0 aliphatic carbocycles. The van der Waals surface area contributed by atoms with Crippen molar-refractivity contribution in [3.8, 4) is 23.0 Å². The van der Waals surface area contributed by atoms with Crippen LogP contribution in [0, 0.1) is 0 Å². The second kappa shape index (κ2) is 15.7. The van der Waals surface area contributed by atoms with Crippen LogP contribution in [0.4, 0.5) is 0 Å². The summed E-state index contributed by atoms with van der Waals surface area (Å²) in [7, 11) is -4.58. The molecule has 0 saturated carbocycles. The lowest BCUT2D eigenvalue weighted by Gasteiger charge is -2.14. The molecule has 0 saturated heterocycles. The maximum absolute atomic E-state index is 12.5. The summed E-state index contributed by atoms with van der Waals surface area (Å²) >= 11 is 0. The van der Waals surface area contributed by atoms with Crippen molar-refractivity contribution in [2.45, 2.75) is 32.1 Å². The Morgan fingerprint density at radius 2 is 1.50 bits per heavy atom. The minimum atomic E-state index is -4.58. The predicted octanol–water partition coefficient (Wildman–Crippen LogP) is 5.64. The summed E-state index contributed by atoms with van der Waals surface area (Å²) in [5, 5.41) is 8.73. The summed E-state index contributed by atoms with van der Waals surface area (Å²) in [6.45, 7) is -0.396. The van der Waals surface area contributed by atoms with Crippen molar-refractivity contribution in [3.63, 3.8) is 0 Å². The van der Waals surface area contributed by atoms with Gasteiger partial charge in [0.1, 0.15) is 42.3 Å². The van der Waals surface area contributed by atoms with Crippen LogP contribution in [0.25, 0.3) is 0 Å². The number of carbonyl (C=O) groups excluding carboxylic acids is 1. The zero-order chi connectivity index (χ0) is 31.4. The summed E-state index contributed by atoms with van der Waals surface area (Å²) in [4.78, 5) is 32.9. The fraction of sp³-hybridized carbons (Fsp3) is 0.188. The molecule has 2 atom stereocenters. The van der Waals surface area contributed by atoms with E-state index in [2.05, 4.69) is 4.52 Å². The summed E-state index contributed by atoms with van der Waals surface area (Å²) in [6.07, 6.45) is 0.543. The van der Waals surface area contributed by atoms with Gasteiger partial charge in [-0.25, -0.2) is 4.57 Å². The van der Waals surface area contributed by atoms with Crippen molar-refractivity contribution in [1.29, 1.82) is 0 Å². The first-order valence-electron chi connectivity index (χ1n) is 13.6. The van der Waals surface area contributed by atoms with Crippen molar-refractivity contribution in [3.05, 3.63) is 120 Å². The number of carbonyl (C=O) groups is 2. The highest BCUT2D eigenvalue weighted by molar-refractivity contribution is 7.47. The smallest absolute Gasteiger partial charge is 0.489 e. The molecule has 2 unspecified atom stereocenters. The topological polar surface area (TPSA) is 164 Å². The Kier molecular flexibility index (Phi) is 11.5. The van der Waals surface area contributed by atoms with Crippen LogP contribution in [0.3, 0.4) is 0 Å². The second-order valence-electron chi connectivity index (χ2n) is 9.56. The molecule has 12 heteroatoms. The number of benzene rings is 4. The molecule has 0 radical (unpaired) electrons. The fourth-order valence-electron chi connectivity index (χ4n) is 3.86. The maximum Gasteiger partial charge on any atom is 0.527 e. The van der Waals surface area contributed by atoms with E-state index in [0.29, 0.717) is 30.1 Å². The number of carboxylic acids is 1. The Morgan fingerprint density at radius 1 is 0.795 bits per heavy atom. The van der Waals surface area contributed by atoms with E-state index in [1.165, 1.54) is 12.1 Å². The van der Waals surface area contributed by atoms with Gasteiger partial charge in [0.15, 0.2) is 0 Å². The number of para-hydroxylation sites is 2. The van der Waals surface area contributed by atoms with Crippen molar-refractivity contribution >= 4 is 19.8 Å². The molecule has 0 amide bonds. The van der Waals surface area contributed by atoms with Gasteiger partial charge in [0.05, 0.1) is 6.61 Å². The number of hydrogen-bond acceptors (Lipinski definition) is 9. The SMILES string of the molecule is NC(COP(=O)(O)Oc1ccc(COC(=O)CCc2ccccc2OCc2cccc(Oc3ccccc3)c2)cc1)C(=O)O. The molecule has 4 aromatic carbocycles. The minimum Gasteiger partial charge on any atom is -0.489 e. The summed E-state index contributed by atoms with van der Waals surface area (Å²) in [5.41, 5.74) is 7.67. The Bertz CT molecular complexity index is 1580. The molecule has 0 aliphatic heterocycles. The lowest BCUT2D eigenvalue weighted by molar-refractivity contribution is -0.145. The van der Waals surface area contributed by atoms with Gasteiger partial charge in [-0.3, -0.25) is 19.0 Å². The number of ether oxygens (including phenoxy) is 3. The molecular weight excluding hydrogens is 589 g/mol. The van der Waals surface area contributed by atoms with E-state index in [9.17, 15) is 19.0 Å². The number of hydrogen-bond donors (Lipinski definition) is 3. The van der Waals surface area contributed by atoms with Gasteiger partial charge in [-0.1, -0.05) is 60.7 Å². The molecule has 0 aromatic heterocycles. The standard InChI is InChI=1S/C32H32NO10P/c33-29(32(35)36)22-41-44(37,38)43-27-16-13-23(14-17-27)20-40-31(34)18-15-25-8-4-5-12-30(25)39-21-24-7-6-11-28(19-24)42-26-9-2-1-3-10-26/h1-14,16-17,19,29H,15,18,20-22,33H2,(H,35,36)(H,37,38). The van der Waals surface area contributed by atoms with E-state index in [1.807, 2.05) is 78.9 Å². The third-order valence-corrected chi connectivity index (χ3v) is 7.04. The van der Waals surface area contributed by atoms with E-state index in [4.69, 9.17) is 29.6 Å². The summed E-state index contributed by atoms with van der Waals surface area (Å²) < 4.78 is 38.8. The Balaban J connectivity index is 1.22. The number of nitrogens with two attached hydrogens (primary N) is 1. The molecule has 44 heavy (non-hydrogen) atoms. The van der Waals surface area contributed by atoms with Crippen LogP contribution in [0.5, 0.6) is 23.0 Å². The first kappa shape index (κ1) is 32.2. The van der Waals surface area contributed by atoms with Gasteiger partial charge in [-0.15, -0.1) is 0 Å². The number of aryl methyl sites for hydroxylation is 1. The average Bonchev–Trinajstić information content (AvgIpc) is 3.02. The molecule has 0 heterocycles. The number of rotatable bonds is 16. The van der Waals surface area contributed by atoms with Crippen LogP contribution < -0.4 is 19.7 Å². The van der Waals surface area contributed by atoms with Gasteiger partial charge in [0, 0.05) is 6.42 Å². The quantitative estimate of drug-likeness (QED) is 0.105.